The second kappa shape index (κ2) is 0.753. The summed E-state index contributed by atoms with van der Waals surface area (Å²) in [4.78, 5) is 0. The maximum Gasteiger partial charge on any atom is 0.167 e. The predicted molar refractivity (Wildman–Crippen MR) is 19.8 cm³/mol. The molecule has 3 heterocycles. The molecule has 3 nitrogen and oxygen atoms in total. The van der Waals surface area contributed by atoms with E-state index in [1.165, 1.54) is 0 Å². The summed E-state index contributed by atoms with van der Waals surface area (Å²) in [5.74, 6) is 0. The molecule has 2 atom stereocenters. The molecular formula is C3H6N2O. The van der Waals surface area contributed by atoms with Crippen molar-refractivity contribution in [1.82, 2.24) is 10.6 Å². The second-order valence-electron chi connectivity index (χ2n) is 1.58. The first-order valence-electron chi connectivity index (χ1n) is 2.10. The fourth-order valence-corrected chi connectivity index (χ4v) is 0.767. The van der Waals surface area contributed by atoms with Crippen molar-refractivity contribution in [2.45, 2.75) is 12.6 Å². The van der Waals surface area contributed by atoms with E-state index in [9.17, 15) is 0 Å². The lowest BCUT2D eigenvalue weighted by Gasteiger charge is -2.23. The van der Waals surface area contributed by atoms with Crippen molar-refractivity contribution in [2.75, 3.05) is 6.54 Å². The Balaban J connectivity index is 2.16. The van der Waals surface area contributed by atoms with Crippen LogP contribution in [0.4, 0.5) is 0 Å². The zero-order valence-corrected chi connectivity index (χ0v) is 3.27. The Morgan fingerprint density at radius 3 is 2.67 bits per heavy atom. The third kappa shape index (κ3) is 0.194. The molecular weight excluding hydrogens is 80.0 g/mol. The fourth-order valence-electron chi connectivity index (χ4n) is 0.767. The van der Waals surface area contributed by atoms with E-state index in [4.69, 9.17) is 4.74 Å². The summed E-state index contributed by atoms with van der Waals surface area (Å²) in [6.45, 7) is 0.977. The lowest BCUT2D eigenvalue weighted by atomic mass is 10.6. The first-order chi connectivity index (χ1) is 2.95. The van der Waals surface area contributed by atoms with Gasteiger partial charge in [-0.1, -0.05) is 0 Å². The molecule has 6 heavy (non-hydrogen) atoms. The van der Waals surface area contributed by atoms with E-state index < -0.39 is 0 Å². The van der Waals surface area contributed by atoms with Gasteiger partial charge >= 0.3 is 0 Å². The summed E-state index contributed by atoms with van der Waals surface area (Å²) >= 11 is 0. The Morgan fingerprint density at radius 1 is 1.67 bits per heavy atom. The molecule has 3 rings (SSSR count). The largest absolute Gasteiger partial charge is 0.330 e. The van der Waals surface area contributed by atoms with Crippen molar-refractivity contribution in [3.8, 4) is 0 Å². The average Bonchev–Trinajstić information content (AvgIpc) is 1.72. The maximum atomic E-state index is 5.03. The molecule has 0 spiro atoms. The Morgan fingerprint density at radius 2 is 2.50 bits per heavy atom. The Kier molecular flexibility index (Phi) is 0.371. The highest BCUT2D eigenvalue weighted by Gasteiger charge is 2.35. The van der Waals surface area contributed by atoms with Crippen LogP contribution >= 0.6 is 0 Å². The van der Waals surface area contributed by atoms with Gasteiger partial charge in [-0.15, -0.1) is 0 Å². The van der Waals surface area contributed by atoms with Crippen LogP contribution in [0.15, 0.2) is 0 Å². The first kappa shape index (κ1) is 2.96. The highest BCUT2D eigenvalue weighted by Crippen LogP contribution is 2.09. The zero-order chi connectivity index (χ0) is 3.98. The van der Waals surface area contributed by atoms with Gasteiger partial charge in [0, 0.05) is 6.54 Å². The minimum Gasteiger partial charge on any atom is -0.330 e. The van der Waals surface area contributed by atoms with Crippen LogP contribution in [0.25, 0.3) is 0 Å². The van der Waals surface area contributed by atoms with Gasteiger partial charge in [-0.25, -0.2) is 0 Å². The number of nitrogens with one attached hydrogen (secondary N) is 2. The van der Waals surface area contributed by atoms with Crippen molar-refractivity contribution in [3.63, 3.8) is 0 Å². The van der Waals surface area contributed by atoms with Gasteiger partial charge in [0.1, 0.15) is 6.23 Å². The molecule has 0 aromatic rings. The summed E-state index contributed by atoms with van der Waals surface area (Å²) in [7, 11) is 0. The van der Waals surface area contributed by atoms with E-state index in [0.717, 1.165) is 6.54 Å². The predicted octanol–water partition coefficient (Wildman–Crippen LogP) is -1.18. The van der Waals surface area contributed by atoms with Crippen LogP contribution in [-0.2, 0) is 4.74 Å². The lowest BCUT2D eigenvalue weighted by molar-refractivity contribution is -0.107. The van der Waals surface area contributed by atoms with E-state index in [-0.39, 0.29) is 6.35 Å². The Bertz CT molecular complexity index is 55.7. The van der Waals surface area contributed by atoms with Crippen molar-refractivity contribution in [3.05, 3.63) is 0 Å². The summed E-state index contributed by atoms with van der Waals surface area (Å²) in [6, 6.07) is 0. The van der Waals surface area contributed by atoms with Crippen LogP contribution in [0.2, 0.25) is 0 Å². The third-order valence-electron chi connectivity index (χ3n) is 1.13. The molecule has 3 aliphatic heterocycles. The van der Waals surface area contributed by atoms with Gasteiger partial charge in [-0.3, -0.25) is 10.6 Å². The molecule has 3 fully saturated rings. The fraction of sp³-hybridized carbons (Fsp3) is 1.00. The molecule has 0 radical (unpaired) electrons. The van der Waals surface area contributed by atoms with Gasteiger partial charge in [0.05, 0.1) is 0 Å². The molecule has 0 aromatic carbocycles. The van der Waals surface area contributed by atoms with Crippen molar-refractivity contribution in [1.29, 1.82) is 0 Å². The number of ether oxygens (including phenoxy) is 1. The van der Waals surface area contributed by atoms with Crippen molar-refractivity contribution < 1.29 is 4.74 Å². The summed E-state index contributed by atoms with van der Waals surface area (Å²) in [5, 5.41) is 6.14. The molecule has 3 heteroatoms. The van der Waals surface area contributed by atoms with Crippen molar-refractivity contribution >= 4 is 0 Å². The Hall–Kier alpha value is -0.120. The maximum absolute atomic E-state index is 5.03. The average molecular weight is 86.1 g/mol. The van der Waals surface area contributed by atoms with E-state index in [0.29, 0.717) is 6.23 Å². The van der Waals surface area contributed by atoms with E-state index in [1.54, 1.807) is 0 Å². The first-order valence-corrected chi connectivity index (χ1v) is 2.10. The zero-order valence-electron chi connectivity index (χ0n) is 3.27. The number of fused-ring (bicyclic) bond motifs is 1. The molecule has 0 aliphatic carbocycles. The van der Waals surface area contributed by atoms with Gasteiger partial charge in [0.15, 0.2) is 6.35 Å². The van der Waals surface area contributed by atoms with Gasteiger partial charge in [0.25, 0.3) is 0 Å². The quantitative estimate of drug-likeness (QED) is 0.389. The van der Waals surface area contributed by atoms with Gasteiger partial charge in [0.2, 0.25) is 0 Å². The molecule has 2 bridgehead atoms. The number of hydrogen-bond acceptors (Lipinski definition) is 3. The number of rotatable bonds is 0. The van der Waals surface area contributed by atoms with Gasteiger partial charge in [-0.2, -0.15) is 0 Å². The van der Waals surface area contributed by atoms with Crippen LogP contribution < -0.4 is 10.6 Å². The molecule has 3 aliphatic rings. The molecule has 0 aromatic heterocycles. The minimum absolute atomic E-state index is 0.190. The third-order valence-corrected chi connectivity index (χ3v) is 1.13. The second-order valence-corrected chi connectivity index (χ2v) is 1.58. The highest BCUT2D eigenvalue weighted by molar-refractivity contribution is 4.80. The van der Waals surface area contributed by atoms with Crippen LogP contribution in [0, 0.1) is 0 Å². The summed E-state index contributed by atoms with van der Waals surface area (Å²) < 4.78 is 5.03. The van der Waals surface area contributed by atoms with E-state index in [2.05, 4.69) is 10.6 Å². The normalized spacial score (nSPS) is 52.0. The summed E-state index contributed by atoms with van der Waals surface area (Å²) in [6.07, 6.45) is 0.519. The van der Waals surface area contributed by atoms with E-state index in [1.807, 2.05) is 0 Å². The van der Waals surface area contributed by atoms with Gasteiger partial charge in [-0.05, 0) is 0 Å². The molecule has 0 saturated carbocycles. The van der Waals surface area contributed by atoms with E-state index >= 15 is 0 Å². The van der Waals surface area contributed by atoms with Crippen LogP contribution in [0.3, 0.4) is 0 Å². The topological polar surface area (TPSA) is 33.3 Å². The Labute approximate surface area is 35.7 Å². The van der Waals surface area contributed by atoms with Crippen LogP contribution in [0.5, 0.6) is 0 Å². The highest BCUT2D eigenvalue weighted by atomic mass is 16.6. The molecule has 2 N–H and O–H groups in total. The standard InChI is InChI=1S/C3H6N2O/c1-2-5-3(4-1)6-2/h2-5H,1H2. The van der Waals surface area contributed by atoms with Crippen LogP contribution in [0.1, 0.15) is 0 Å². The monoisotopic (exact) mass is 86.0 g/mol. The van der Waals surface area contributed by atoms with Crippen LogP contribution in [-0.4, -0.2) is 19.1 Å². The lowest BCUT2D eigenvalue weighted by Crippen LogP contribution is -2.49. The van der Waals surface area contributed by atoms with Crippen molar-refractivity contribution in [2.24, 2.45) is 0 Å². The molecule has 0 amide bonds. The number of hydrogen-bond donors (Lipinski definition) is 2. The molecule has 3 saturated heterocycles. The molecule has 2 unspecified atom stereocenters. The van der Waals surface area contributed by atoms with Gasteiger partial charge < -0.3 is 4.74 Å². The summed E-state index contributed by atoms with van der Waals surface area (Å²) in [5.41, 5.74) is 0. The smallest absolute Gasteiger partial charge is 0.167 e. The SMILES string of the molecule is C1NC2NC1O2. The minimum atomic E-state index is 0.190. The molecule has 34 valence electrons.